The molecule has 0 aliphatic rings. The quantitative estimate of drug-likeness (QED) is 0.682. The molecule has 0 aliphatic carbocycles. The topological polar surface area (TPSA) is 59.7 Å². The summed E-state index contributed by atoms with van der Waals surface area (Å²) < 4.78 is 49.6. The molecule has 0 aliphatic heterocycles. The molecule has 2 aromatic carbocycles. The van der Waals surface area contributed by atoms with Gasteiger partial charge in [-0.05, 0) is 43.7 Å². The van der Waals surface area contributed by atoms with Crippen molar-refractivity contribution < 1.29 is 32.2 Å². The number of rotatable bonds is 5. The standard InChI is InChI=1S/C18H15F3O4/c1-10(2-7-17(22)23)24-12-4-6-14-13-5-3-11(18(19,20)21)8-15(13)25-16(14)9-12/h3-6,8-10H,2,7H2,1H3,(H,22,23). The Labute approximate surface area is 140 Å². The number of hydrogen-bond acceptors (Lipinski definition) is 3. The molecule has 0 saturated carbocycles. The Hall–Kier alpha value is -2.70. The van der Waals surface area contributed by atoms with E-state index >= 15 is 0 Å². The lowest BCUT2D eigenvalue weighted by molar-refractivity contribution is -0.138. The molecule has 25 heavy (non-hydrogen) atoms. The highest BCUT2D eigenvalue weighted by Crippen LogP contribution is 2.36. The van der Waals surface area contributed by atoms with Gasteiger partial charge in [0.1, 0.15) is 16.9 Å². The van der Waals surface area contributed by atoms with Gasteiger partial charge in [0.2, 0.25) is 0 Å². The maximum absolute atomic E-state index is 12.8. The van der Waals surface area contributed by atoms with Crippen LogP contribution in [0.15, 0.2) is 40.8 Å². The third-order valence-electron chi connectivity index (χ3n) is 3.87. The highest BCUT2D eigenvalue weighted by atomic mass is 19.4. The average Bonchev–Trinajstić information content (AvgIpc) is 2.88. The number of furan rings is 1. The van der Waals surface area contributed by atoms with Gasteiger partial charge in [-0.3, -0.25) is 4.79 Å². The van der Waals surface area contributed by atoms with Gasteiger partial charge in [-0.2, -0.15) is 13.2 Å². The van der Waals surface area contributed by atoms with E-state index in [0.29, 0.717) is 28.5 Å². The number of fused-ring (bicyclic) bond motifs is 3. The summed E-state index contributed by atoms with van der Waals surface area (Å²) in [5.74, 6) is -0.427. The van der Waals surface area contributed by atoms with Crippen LogP contribution in [0.5, 0.6) is 5.75 Å². The number of halogens is 3. The molecule has 1 N–H and O–H groups in total. The number of ether oxygens (including phenoxy) is 1. The molecule has 0 radical (unpaired) electrons. The van der Waals surface area contributed by atoms with Crippen LogP contribution in [-0.2, 0) is 11.0 Å². The van der Waals surface area contributed by atoms with E-state index in [2.05, 4.69) is 0 Å². The van der Waals surface area contributed by atoms with Gasteiger partial charge >= 0.3 is 12.1 Å². The molecule has 1 atom stereocenters. The maximum atomic E-state index is 12.8. The number of carbonyl (C=O) groups is 1. The molecule has 0 saturated heterocycles. The average molecular weight is 352 g/mol. The second kappa shape index (κ2) is 6.31. The predicted octanol–water partition coefficient (Wildman–Crippen LogP) is 5.24. The third kappa shape index (κ3) is 3.70. The van der Waals surface area contributed by atoms with E-state index in [1.54, 1.807) is 25.1 Å². The van der Waals surface area contributed by atoms with Gasteiger partial charge in [0, 0.05) is 23.3 Å². The van der Waals surface area contributed by atoms with E-state index in [1.165, 1.54) is 6.07 Å². The van der Waals surface area contributed by atoms with Gasteiger partial charge in [-0.25, -0.2) is 0 Å². The van der Waals surface area contributed by atoms with Crippen molar-refractivity contribution in [2.24, 2.45) is 0 Å². The molecule has 4 nitrogen and oxygen atoms in total. The fourth-order valence-electron chi connectivity index (χ4n) is 2.62. The first kappa shape index (κ1) is 17.1. The summed E-state index contributed by atoms with van der Waals surface area (Å²) in [5.41, 5.74) is -0.198. The molecule has 7 heteroatoms. The summed E-state index contributed by atoms with van der Waals surface area (Å²) >= 11 is 0. The molecule has 3 rings (SSSR count). The van der Waals surface area contributed by atoms with Crippen molar-refractivity contribution in [2.45, 2.75) is 32.0 Å². The number of benzene rings is 2. The lowest BCUT2D eigenvalue weighted by Gasteiger charge is -2.13. The Morgan fingerprint density at radius 3 is 2.44 bits per heavy atom. The first-order valence-corrected chi connectivity index (χ1v) is 7.66. The summed E-state index contributed by atoms with van der Waals surface area (Å²) in [5, 5.41) is 9.96. The van der Waals surface area contributed by atoms with Crippen molar-refractivity contribution in [3.8, 4) is 5.75 Å². The molecule has 1 aromatic heterocycles. The number of alkyl halides is 3. The minimum absolute atomic E-state index is 0.00569. The Morgan fingerprint density at radius 1 is 1.16 bits per heavy atom. The normalized spacial score (nSPS) is 13.3. The molecular formula is C18H15F3O4. The van der Waals surface area contributed by atoms with E-state index in [4.69, 9.17) is 14.3 Å². The Kier molecular flexibility index (Phi) is 4.32. The number of carboxylic acid groups (broad SMARTS) is 1. The Morgan fingerprint density at radius 2 is 1.80 bits per heavy atom. The zero-order chi connectivity index (χ0) is 18.2. The lowest BCUT2D eigenvalue weighted by atomic mass is 10.1. The van der Waals surface area contributed by atoms with E-state index in [-0.39, 0.29) is 18.1 Å². The molecule has 0 bridgehead atoms. The van der Waals surface area contributed by atoms with Crippen LogP contribution < -0.4 is 4.74 Å². The summed E-state index contributed by atoms with van der Waals surface area (Å²) in [6, 6.07) is 8.39. The molecule has 1 heterocycles. The fourth-order valence-corrected chi connectivity index (χ4v) is 2.62. The molecule has 0 amide bonds. The lowest BCUT2D eigenvalue weighted by Crippen LogP contribution is -2.13. The van der Waals surface area contributed by atoms with Crippen LogP contribution in [0.3, 0.4) is 0 Å². The summed E-state index contributed by atoms with van der Waals surface area (Å²) in [7, 11) is 0. The molecule has 132 valence electrons. The van der Waals surface area contributed by atoms with E-state index < -0.39 is 17.7 Å². The summed E-state index contributed by atoms with van der Waals surface area (Å²) in [6.07, 6.45) is -4.40. The van der Waals surface area contributed by atoms with Crippen molar-refractivity contribution in [1.82, 2.24) is 0 Å². The first-order chi connectivity index (χ1) is 11.7. The van der Waals surface area contributed by atoms with Crippen molar-refractivity contribution in [3.63, 3.8) is 0 Å². The SMILES string of the molecule is CC(CCC(=O)O)Oc1ccc2c(c1)oc1cc(C(F)(F)F)ccc12. The van der Waals surface area contributed by atoms with E-state index in [9.17, 15) is 18.0 Å². The van der Waals surface area contributed by atoms with Gasteiger partial charge in [0.25, 0.3) is 0 Å². The molecule has 3 aromatic rings. The monoisotopic (exact) mass is 352 g/mol. The van der Waals surface area contributed by atoms with Crippen molar-refractivity contribution in [3.05, 3.63) is 42.0 Å². The zero-order valence-electron chi connectivity index (χ0n) is 13.3. The second-order valence-corrected chi connectivity index (χ2v) is 5.83. The number of hydrogen-bond donors (Lipinski definition) is 1. The van der Waals surface area contributed by atoms with Crippen molar-refractivity contribution >= 4 is 27.9 Å². The van der Waals surface area contributed by atoms with Crippen molar-refractivity contribution in [1.29, 1.82) is 0 Å². The van der Waals surface area contributed by atoms with Crippen LogP contribution in [0.25, 0.3) is 21.9 Å². The van der Waals surface area contributed by atoms with Crippen LogP contribution in [0.4, 0.5) is 13.2 Å². The number of carboxylic acids is 1. The summed E-state index contributed by atoms with van der Waals surface area (Å²) in [4.78, 5) is 10.6. The highest BCUT2D eigenvalue weighted by Gasteiger charge is 2.31. The maximum Gasteiger partial charge on any atom is 0.416 e. The van der Waals surface area contributed by atoms with Crippen LogP contribution in [0, 0.1) is 0 Å². The van der Waals surface area contributed by atoms with E-state index in [0.717, 1.165) is 12.1 Å². The van der Waals surface area contributed by atoms with Gasteiger partial charge in [0.15, 0.2) is 0 Å². The van der Waals surface area contributed by atoms with Gasteiger partial charge in [0.05, 0.1) is 11.7 Å². The Bertz CT molecular complexity index is 927. The molecule has 0 fully saturated rings. The molecular weight excluding hydrogens is 337 g/mol. The van der Waals surface area contributed by atoms with Gasteiger partial charge < -0.3 is 14.3 Å². The number of aliphatic carboxylic acids is 1. The Balaban J connectivity index is 1.90. The van der Waals surface area contributed by atoms with Crippen LogP contribution in [-0.4, -0.2) is 17.2 Å². The van der Waals surface area contributed by atoms with Crippen LogP contribution in [0.2, 0.25) is 0 Å². The van der Waals surface area contributed by atoms with Crippen LogP contribution >= 0.6 is 0 Å². The summed E-state index contributed by atoms with van der Waals surface area (Å²) in [6.45, 7) is 1.75. The predicted molar refractivity (Wildman–Crippen MR) is 85.7 cm³/mol. The highest BCUT2D eigenvalue weighted by molar-refractivity contribution is 6.05. The largest absolute Gasteiger partial charge is 0.491 e. The minimum atomic E-state index is -4.43. The molecule has 1 unspecified atom stereocenters. The van der Waals surface area contributed by atoms with Gasteiger partial charge in [-0.15, -0.1) is 0 Å². The zero-order valence-corrected chi connectivity index (χ0v) is 13.3. The fraction of sp³-hybridized carbons (Fsp3) is 0.278. The molecule has 0 spiro atoms. The second-order valence-electron chi connectivity index (χ2n) is 5.83. The first-order valence-electron chi connectivity index (χ1n) is 7.66. The smallest absolute Gasteiger partial charge is 0.416 e. The van der Waals surface area contributed by atoms with E-state index in [1.807, 2.05) is 0 Å². The third-order valence-corrected chi connectivity index (χ3v) is 3.87. The van der Waals surface area contributed by atoms with Crippen molar-refractivity contribution in [2.75, 3.05) is 0 Å². The van der Waals surface area contributed by atoms with Crippen LogP contribution in [0.1, 0.15) is 25.3 Å². The van der Waals surface area contributed by atoms with Gasteiger partial charge in [-0.1, -0.05) is 0 Å². The minimum Gasteiger partial charge on any atom is -0.491 e.